The Kier molecular flexibility index (Phi) is 6.12. The third-order valence-corrected chi connectivity index (χ3v) is 5.12. The minimum absolute atomic E-state index is 0.197. The molecule has 7 heteroatoms. The van der Waals surface area contributed by atoms with Crippen LogP contribution in [-0.4, -0.2) is 21.5 Å². The first-order valence-electron chi connectivity index (χ1n) is 7.10. The summed E-state index contributed by atoms with van der Waals surface area (Å²) in [5, 5.41) is 3.31. The molecule has 0 spiro atoms. The normalized spacial score (nSPS) is 11.6. The zero-order valence-corrected chi connectivity index (χ0v) is 14.2. The molecule has 0 aromatic heterocycles. The smallest absolute Gasteiger partial charge is 0.240 e. The third kappa shape index (κ3) is 5.00. The van der Waals surface area contributed by atoms with Gasteiger partial charge in [-0.1, -0.05) is 35.4 Å². The lowest BCUT2D eigenvalue weighted by molar-refractivity contribution is 0.568. The second-order valence-electron chi connectivity index (χ2n) is 5.09. The van der Waals surface area contributed by atoms with E-state index in [-0.39, 0.29) is 23.8 Å². The van der Waals surface area contributed by atoms with Gasteiger partial charge in [-0.05, 0) is 31.2 Å². The highest BCUT2D eigenvalue weighted by molar-refractivity contribution is 7.89. The van der Waals surface area contributed by atoms with Gasteiger partial charge in [0.25, 0.3) is 0 Å². The van der Waals surface area contributed by atoms with Gasteiger partial charge < -0.3 is 5.32 Å². The molecule has 0 amide bonds. The molecule has 0 aliphatic carbocycles. The van der Waals surface area contributed by atoms with E-state index in [2.05, 4.69) is 10.0 Å². The highest BCUT2D eigenvalue weighted by Crippen LogP contribution is 2.18. The van der Waals surface area contributed by atoms with Crippen LogP contribution in [0.2, 0.25) is 5.02 Å². The predicted molar refractivity (Wildman–Crippen MR) is 89.5 cm³/mol. The second kappa shape index (κ2) is 7.88. The molecule has 2 N–H and O–H groups in total. The molecule has 4 nitrogen and oxygen atoms in total. The Bertz CT molecular complexity index is 744. The van der Waals surface area contributed by atoms with Gasteiger partial charge in [0.15, 0.2) is 0 Å². The number of rotatable bonds is 7. The number of halogens is 2. The van der Waals surface area contributed by atoms with Gasteiger partial charge >= 0.3 is 0 Å². The van der Waals surface area contributed by atoms with Crippen molar-refractivity contribution in [3.63, 3.8) is 0 Å². The van der Waals surface area contributed by atoms with E-state index in [1.165, 1.54) is 12.1 Å². The summed E-state index contributed by atoms with van der Waals surface area (Å²) in [4.78, 5) is 0.222. The Morgan fingerprint density at radius 1 is 1.09 bits per heavy atom. The highest BCUT2D eigenvalue weighted by atomic mass is 35.5. The van der Waals surface area contributed by atoms with Gasteiger partial charge in [0.05, 0.1) is 4.90 Å². The van der Waals surface area contributed by atoms with Gasteiger partial charge in [0, 0.05) is 30.2 Å². The van der Waals surface area contributed by atoms with E-state index < -0.39 is 10.0 Å². The fourth-order valence-corrected chi connectivity index (χ4v) is 3.25. The summed E-state index contributed by atoms with van der Waals surface area (Å²) in [6, 6.07) is 11.1. The number of hydrogen-bond acceptors (Lipinski definition) is 3. The summed E-state index contributed by atoms with van der Waals surface area (Å²) in [6.07, 6.45) is 0. The van der Waals surface area contributed by atoms with Gasteiger partial charge in [-0.2, -0.15) is 0 Å². The average Bonchev–Trinajstić information content (AvgIpc) is 2.50. The molecule has 124 valence electrons. The maximum atomic E-state index is 13.6. The van der Waals surface area contributed by atoms with Crippen molar-refractivity contribution in [2.45, 2.75) is 18.4 Å². The van der Waals surface area contributed by atoms with Gasteiger partial charge in [0.1, 0.15) is 5.82 Å². The molecule has 0 bridgehead atoms. The van der Waals surface area contributed by atoms with E-state index in [1.54, 1.807) is 30.3 Å². The molecule has 0 radical (unpaired) electrons. The van der Waals surface area contributed by atoms with Crippen molar-refractivity contribution < 1.29 is 12.8 Å². The molecule has 0 heterocycles. The quantitative estimate of drug-likeness (QED) is 0.750. The lowest BCUT2D eigenvalue weighted by Crippen LogP contribution is -2.31. The SMILES string of the molecule is Cc1ccc(S(=O)(=O)NCCNCc2c(F)cccc2Cl)cc1. The zero-order chi connectivity index (χ0) is 16.9. The Morgan fingerprint density at radius 3 is 2.43 bits per heavy atom. The molecule has 2 aromatic rings. The van der Waals surface area contributed by atoms with Crippen molar-refractivity contribution in [2.75, 3.05) is 13.1 Å². The van der Waals surface area contributed by atoms with Crippen molar-refractivity contribution in [3.05, 3.63) is 64.4 Å². The Hall–Kier alpha value is -1.47. The molecule has 23 heavy (non-hydrogen) atoms. The topological polar surface area (TPSA) is 58.2 Å². The van der Waals surface area contributed by atoms with Crippen LogP contribution >= 0.6 is 11.6 Å². The van der Waals surface area contributed by atoms with Crippen LogP contribution in [0, 0.1) is 12.7 Å². The largest absolute Gasteiger partial charge is 0.311 e. The number of aryl methyl sites for hydroxylation is 1. The second-order valence-corrected chi connectivity index (χ2v) is 7.26. The van der Waals surface area contributed by atoms with Crippen LogP contribution in [-0.2, 0) is 16.6 Å². The van der Waals surface area contributed by atoms with Crippen molar-refractivity contribution >= 4 is 21.6 Å². The van der Waals surface area contributed by atoms with Crippen LogP contribution in [0.5, 0.6) is 0 Å². The summed E-state index contributed by atoms with van der Waals surface area (Å²) >= 11 is 5.92. The van der Waals surface area contributed by atoms with E-state index in [4.69, 9.17) is 11.6 Å². The maximum Gasteiger partial charge on any atom is 0.240 e. The molecule has 0 fully saturated rings. The van der Waals surface area contributed by atoms with Crippen LogP contribution in [0.1, 0.15) is 11.1 Å². The van der Waals surface area contributed by atoms with Gasteiger partial charge in [0.2, 0.25) is 10.0 Å². The van der Waals surface area contributed by atoms with Crippen molar-refractivity contribution in [1.29, 1.82) is 0 Å². The monoisotopic (exact) mass is 356 g/mol. The molecule has 0 unspecified atom stereocenters. The minimum atomic E-state index is -3.53. The molecule has 0 saturated carbocycles. The van der Waals surface area contributed by atoms with Crippen LogP contribution in [0.25, 0.3) is 0 Å². The third-order valence-electron chi connectivity index (χ3n) is 3.29. The van der Waals surface area contributed by atoms with E-state index in [9.17, 15) is 12.8 Å². The fourth-order valence-electron chi connectivity index (χ4n) is 1.99. The lowest BCUT2D eigenvalue weighted by Gasteiger charge is -2.09. The molecular formula is C16H18ClFN2O2S. The molecule has 0 aliphatic heterocycles. The molecule has 2 aromatic carbocycles. The van der Waals surface area contributed by atoms with E-state index >= 15 is 0 Å². The molecule has 0 atom stereocenters. The zero-order valence-electron chi connectivity index (χ0n) is 12.6. The number of benzene rings is 2. The number of sulfonamides is 1. The summed E-state index contributed by atoms with van der Waals surface area (Å²) in [6.45, 7) is 2.68. The Morgan fingerprint density at radius 2 is 1.78 bits per heavy atom. The summed E-state index contributed by atoms with van der Waals surface area (Å²) in [7, 11) is -3.53. The standard InChI is InChI=1S/C16H18ClFN2O2S/c1-12-5-7-13(8-6-12)23(21,22)20-10-9-19-11-14-15(17)3-2-4-16(14)18/h2-8,19-20H,9-11H2,1H3. The van der Waals surface area contributed by atoms with Crippen molar-refractivity contribution in [2.24, 2.45) is 0 Å². The van der Waals surface area contributed by atoms with Gasteiger partial charge in [-0.25, -0.2) is 17.5 Å². The van der Waals surface area contributed by atoms with Crippen LogP contribution in [0.3, 0.4) is 0 Å². The molecule has 0 aliphatic rings. The van der Waals surface area contributed by atoms with Crippen molar-refractivity contribution in [1.82, 2.24) is 10.0 Å². The van der Waals surface area contributed by atoms with Crippen LogP contribution in [0.4, 0.5) is 4.39 Å². The van der Waals surface area contributed by atoms with Crippen LogP contribution < -0.4 is 10.0 Å². The average molecular weight is 357 g/mol. The fraction of sp³-hybridized carbons (Fsp3) is 0.250. The highest BCUT2D eigenvalue weighted by Gasteiger charge is 2.12. The Balaban J connectivity index is 1.82. The number of nitrogens with one attached hydrogen (secondary N) is 2. The summed E-state index contributed by atoms with van der Waals surface area (Å²) in [5.74, 6) is -0.384. The van der Waals surface area contributed by atoms with Gasteiger partial charge in [-0.15, -0.1) is 0 Å². The maximum absolute atomic E-state index is 13.6. The summed E-state index contributed by atoms with van der Waals surface area (Å²) < 4.78 is 40.2. The first-order chi connectivity index (χ1) is 10.9. The molecular weight excluding hydrogens is 339 g/mol. The van der Waals surface area contributed by atoms with E-state index in [1.807, 2.05) is 6.92 Å². The molecule has 2 rings (SSSR count). The van der Waals surface area contributed by atoms with Crippen LogP contribution in [0.15, 0.2) is 47.4 Å². The summed E-state index contributed by atoms with van der Waals surface area (Å²) in [5.41, 5.74) is 1.36. The van der Waals surface area contributed by atoms with Crippen molar-refractivity contribution in [3.8, 4) is 0 Å². The predicted octanol–water partition coefficient (Wildman–Crippen LogP) is 2.86. The first kappa shape index (κ1) is 17.9. The van der Waals surface area contributed by atoms with Gasteiger partial charge in [-0.3, -0.25) is 0 Å². The Labute approximate surface area is 140 Å². The number of hydrogen-bond donors (Lipinski definition) is 2. The minimum Gasteiger partial charge on any atom is -0.311 e. The molecule has 0 saturated heterocycles. The lowest BCUT2D eigenvalue weighted by atomic mass is 10.2. The van der Waals surface area contributed by atoms with E-state index in [0.29, 0.717) is 17.1 Å². The van der Waals surface area contributed by atoms with E-state index in [0.717, 1.165) is 5.56 Å². The first-order valence-corrected chi connectivity index (χ1v) is 8.96.